The molecule has 5 heteroatoms. The lowest BCUT2D eigenvalue weighted by atomic mass is 10.3. The average molecular weight is 279 g/mol. The summed E-state index contributed by atoms with van der Waals surface area (Å²) in [7, 11) is 1.76. The number of rotatable bonds is 8. The van der Waals surface area contributed by atoms with Crippen LogP contribution >= 0.6 is 11.3 Å². The van der Waals surface area contributed by atoms with Crippen LogP contribution in [0.5, 0.6) is 0 Å². The lowest BCUT2D eigenvalue weighted by Crippen LogP contribution is -2.32. The van der Waals surface area contributed by atoms with Gasteiger partial charge in [0, 0.05) is 38.0 Å². The average Bonchev–Trinajstić information content (AvgIpc) is 2.93. The number of hydrogen-bond acceptors (Lipinski definition) is 4. The van der Waals surface area contributed by atoms with Gasteiger partial charge in [0.25, 0.3) is 0 Å². The van der Waals surface area contributed by atoms with Crippen molar-refractivity contribution in [2.24, 2.45) is 0 Å². The van der Waals surface area contributed by atoms with E-state index in [0.717, 1.165) is 19.6 Å². The third kappa shape index (κ3) is 5.86. The lowest BCUT2D eigenvalue weighted by molar-refractivity contribution is -0.130. The van der Waals surface area contributed by atoms with Gasteiger partial charge in [-0.3, -0.25) is 9.69 Å². The molecule has 1 aromatic rings. The van der Waals surface area contributed by atoms with Crippen molar-refractivity contribution in [2.75, 3.05) is 26.7 Å². The second kappa shape index (κ2) is 8.68. The van der Waals surface area contributed by atoms with Gasteiger partial charge in [-0.25, -0.2) is 0 Å². The van der Waals surface area contributed by atoms with Gasteiger partial charge in [0.15, 0.2) is 0 Å². The molecule has 1 heterocycles. The Morgan fingerprint density at radius 3 is 2.84 bits per heavy atom. The molecule has 0 aliphatic carbocycles. The summed E-state index contributed by atoms with van der Waals surface area (Å²) in [5, 5.41) is 10.6. The molecule has 0 atom stereocenters. The lowest BCUT2D eigenvalue weighted by Gasteiger charge is -2.21. The van der Waals surface area contributed by atoms with Crippen molar-refractivity contribution in [3.05, 3.63) is 22.4 Å². The van der Waals surface area contributed by atoms with Crippen LogP contribution in [0.4, 0.5) is 0 Å². The first-order valence-electron chi connectivity index (χ1n) is 6.53. The summed E-state index contributed by atoms with van der Waals surface area (Å²) >= 11 is 1.75. The third-order valence-corrected chi connectivity index (χ3v) is 3.89. The van der Waals surface area contributed by atoms with Crippen molar-refractivity contribution in [3.8, 4) is 6.07 Å². The van der Waals surface area contributed by atoms with Gasteiger partial charge in [0.05, 0.1) is 12.5 Å². The van der Waals surface area contributed by atoms with Crippen LogP contribution in [0.3, 0.4) is 0 Å². The predicted molar refractivity (Wildman–Crippen MR) is 77.8 cm³/mol. The molecule has 0 saturated heterocycles. The molecule has 0 aliphatic heterocycles. The Hall–Kier alpha value is -1.38. The van der Waals surface area contributed by atoms with Gasteiger partial charge in [-0.05, 0) is 18.0 Å². The fourth-order valence-electron chi connectivity index (χ4n) is 1.76. The maximum absolute atomic E-state index is 11.9. The first-order valence-corrected chi connectivity index (χ1v) is 7.41. The molecule has 0 aromatic carbocycles. The maximum Gasteiger partial charge on any atom is 0.223 e. The largest absolute Gasteiger partial charge is 0.345 e. The molecule has 104 valence electrons. The number of nitrogens with zero attached hydrogens (tertiary/aromatic N) is 3. The molecule has 4 nitrogen and oxygen atoms in total. The monoisotopic (exact) mass is 279 g/mol. The Kier molecular flexibility index (Phi) is 7.16. The van der Waals surface area contributed by atoms with E-state index in [9.17, 15) is 4.79 Å². The highest BCUT2D eigenvalue weighted by molar-refractivity contribution is 7.09. The summed E-state index contributed by atoms with van der Waals surface area (Å²) < 4.78 is 0. The van der Waals surface area contributed by atoms with Crippen molar-refractivity contribution < 1.29 is 4.79 Å². The summed E-state index contributed by atoms with van der Waals surface area (Å²) in [5.41, 5.74) is 0. The molecule has 0 saturated carbocycles. The van der Waals surface area contributed by atoms with E-state index < -0.39 is 0 Å². The summed E-state index contributed by atoms with van der Waals surface area (Å²) in [4.78, 5) is 17.1. The minimum Gasteiger partial charge on any atom is -0.345 e. The zero-order valence-electron chi connectivity index (χ0n) is 11.6. The van der Waals surface area contributed by atoms with Gasteiger partial charge in [0.2, 0.25) is 5.91 Å². The highest BCUT2D eigenvalue weighted by Gasteiger charge is 2.11. The normalized spacial score (nSPS) is 10.4. The Labute approximate surface area is 119 Å². The van der Waals surface area contributed by atoms with Gasteiger partial charge < -0.3 is 4.90 Å². The number of amides is 1. The Bertz CT molecular complexity index is 411. The molecule has 1 amide bonds. The van der Waals surface area contributed by atoms with Gasteiger partial charge in [-0.1, -0.05) is 13.0 Å². The molecule has 0 fully saturated rings. The number of thiophene rings is 1. The molecule has 0 N–H and O–H groups in total. The molecule has 0 radical (unpaired) electrons. The maximum atomic E-state index is 11.9. The molecular formula is C14H21N3OS. The van der Waals surface area contributed by atoms with Crippen molar-refractivity contribution in [1.29, 1.82) is 5.26 Å². The van der Waals surface area contributed by atoms with Crippen molar-refractivity contribution in [2.45, 2.75) is 26.3 Å². The van der Waals surface area contributed by atoms with Gasteiger partial charge in [0.1, 0.15) is 0 Å². The summed E-state index contributed by atoms with van der Waals surface area (Å²) in [6.45, 7) is 5.24. The molecule has 1 rings (SSSR count). The fraction of sp³-hybridized carbons (Fsp3) is 0.571. The third-order valence-electron chi connectivity index (χ3n) is 3.03. The zero-order chi connectivity index (χ0) is 14.1. The molecular weight excluding hydrogens is 258 g/mol. The van der Waals surface area contributed by atoms with E-state index in [4.69, 9.17) is 5.26 Å². The van der Waals surface area contributed by atoms with E-state index in [1.54, 1.807) is 23.3 Å². The van der Waals surface area contributed by atoms with E-state index in [-0.39, 0.29) is 5.91 Å². The predicted octanol–water partition coefficient (Wildman–Crippen LogP) is 2.33. The van der Waals surface area contributed by atoms with Gasteiger partial charge >= 0.3 is 0 Å². The van der Waals surface area contributed by atoms with Crippen LogP contribution in [0.1, 0.15) is 24.6 Å². The minimum absolute atomic E-state index is 0.111. The van der Waals surface area contributed by atoms with Gasteiger partial charge in [-0.2, -0.15) is 5.26 Å². The van der Waals surface area contributed by atoms with E-state index in [0.29, 0.717) is 19.4 Å². The summed E-state index contributed by atoms with van der Waals surface area (Å²) in [6.07, 6.45) is 0.913. The number of carbonyl (C=O) groups is 1. The van der Waals surface area contributed by atoms with Crippen LogP contribution in [0.2, 0.25) is 0 Å². The molecule has 1 aromatic heterocycles. The van der Waals surface area contributed by atoms with E-state index in [2.05, 4.69) is 35.4 Å². The molecule has 0 unspecified atom stereocenters. The Morgan fingerprint density at radius 2 is 2.26 bits per heavy atom. The van der Waals surface area contributed by atoms with Crippen molar-refractivity contribution >= 4 is 17.2 Å². The van der Waals surface area contributed by atoms with Crippen LogP contribution in [0, 0.1) is 11.3 Å². The van der Waals surface area contributed by atoms with E-state index in [1.165, 1.54) is 4.88 Å². The SMILES string of the molecule is CCN(CCC(=O)N(C)CCC#N)Cc1cccs1. The van der Waals surface area contributed by atoms with Crippen LogP contribution in [0.15, 0.2) is 17.5 Å². The zero-order valence-corrected chi connectivity index (χ0v) is 12.4. The fourth-order valence-corrected chi connectivity index (χ4v) is 2.51. The van der Waals surface area contributed by atoms with Crippen LogP contribution in [0.25, 0.3) is 0 Å². The number of nitriles is 1. The number of hydrogen-bond donors (Lipinski definition) is 0. The topological polar surface area (TPSA) is 47.3 Å². The Balaban J connectivity index is 2.32. The first-order chi connectivity index (χ1) is 9.17. The van der Waals surface area contributed by atoms with Gasteiger partial charge in [-0.15, -0.1) is 11.3 Å². The number of carbonyl (C=O) groups excluding carboxylic acids is 1. The second-order valence-corrected chi connectivity index (χ2v) is 5.45. The molecule has 19 heavy (non-hydrogen) atoms. The molecule has 0 spiro atoms. The van der Waals surface area contributed by atoms with Crippen molar-refractivity contribution in [1.82, 2.24) is 9.80 Å². The van der Waals surface area contributed by atoms with E-state index in [1.807, 2.05) is 0 Å². The molecule has 0 bridgehead atoms. The van der Waals surface area contributed by atoms with Crippen LogP contribution in [-0.2, 0) is 11.3 Å². The van der Waals surface area contributed by atoms with Crippen molar-refractivity contribution in [3.63, 3.8) is 0 Å². The summed E-state index contributed by atoms with van der Waals surface area (Å²) in [6, 6.07) is 6.23. The Morgan fingerprint density at radius 1 is 1.47 bits per heavy atom. The quantitative estimate of drug-likeness (QED) is 0.734. The van der Waals surface area contributed by atoms with E-state index >= 15 is 0 Å². The minimum atomic E-state index is 0.111. The highest BCUT2D eigenvalue weighted by Crippen LogP contribution is 2.12. The smallest absolute Gasteiger partial charge is 0.223 e. The summed E-state index contributed by atoms with van der Waals surface area (Å²) in [5.74, 6) is 0.111. The van der Waals surface area contributed by atoms with Crippen LogP contribution < -0.4 is 0 Å². The second-order valence-electron chi connectivity index (χ2n) is 4.42. The van der Waals surface area contributed by atoms with Crippen LogP contribution in [-0.4, -0.2) is 42.4 Å². The highest BCUT2D eigenvalue weighted by atomic mass is 32.1. The standard InChI is InChI=1S/C14H21N3OS/c1-3-17(12-13-6-4-11-19-13)10-7-14(18)16(2)9-5-8-15/h4,6,11H,3,5,7,9-10,12H2,1-2H3. The molecule has 0 aliphatic rings. The first kappa shape index (κ1) is 15.7.